The first kappa shape index (κ1) is 31.4. The standard InChI is InChI=1S/C32H34ClFN6O3/c1-4-30(41)35-14-13-31(42)40(16-6-15-39(2)3)25-10-11-28-26(19-25)32(37-21-36-28)38-24-9-12-29(27(33)18-24)43-20-22-7-5-8-23(34)17-22/h4-5,7-12,17-19,21H,1,6,13-16,20H2,2-3H3,(H,35,41)(H,36,37,38). The molecular weight excluding hydrogens is 571 g/mol. The van der Waals surface area contributed by atoms with Crippen molar-refractivity contribution >= 4 is 51.5 Å². The number of ether oxygens (including phenoxy) is 1. The van der Waals surface area contributed by atoms with Crippen LogP contribution in [0.2, 0.25) is 5.02 Å². The molecule has 0 aliphatic heterocycles. The topological polar surface area (TPSA) is 99.7 Å². The molecule has 0 atom stereocenters. The van der Waals surface area contributed by atoms with Crippen LogP contribution in [-0.4, -0.2) is 60.4 Å². The highest BCUT2D eigenvalue weighted by atomic mass is 35.5. The van der Waals surface area contributed by atoms with Gasteiger partial charge < -0.3 is 25.2 Å². The molecule has 9 nitrogen and oxygen atoms in total. The van der Waals surface area contributed by atoms with Gasteiger partial charge in [0.05, 0.1) is 10.5 Å². The van der Waals surface area contributed by atoms with E-state index in [2.05, 4.69) is 32.1 Å². The summed E-state index contributed by atoms with van der Waals surface area (Å²) in [6, 6.07) is 17.0. The highest BCUT2D eigenvalue weighted by Crippen LogP contribution is 2.32. The number of carbonyl (C=O) groups is 2. The fourth-order valence-corrected chi connectivity index (χ4v) is 4.61. The van der Waals surface area contributed by atoms with Crippen molar-refractivity contribution in [2.75, 3.05) is 43.9 Å². The Morgan fingerprint density at radius 3 is 2.65 bits per heavy atom. The summed E-state index contributed by atoms with van der Waals surface area (Å²) in [7, 11) is 3.97. The second-order valence-electron chi connectivity index (χ2n) is 10.1. The van der Waals surface area contributed by atoms with Crippen molar-refractivity contribution in [3.63, 3.8) is 0 Å². The van der Waals surface area contributed by atoms with Gasteiger partial charge in [0, 0.05) is 36.3 Å². The molecule has 0 radical (unpaired) electrons. The van der Waals surface area contributed by atoms with Crippen LogP contribution < -0.4 is 20.3 Å². The maximum Gasteiger partial charge on any atom is 0.243 e. The van der Waals surface area contributed by atoms with E-state index in [0.29, 0.717) is 51.0 Å². The van der Waals surface area contributed by atoms with Crippen LogP contribution >= 0.6 is 11.6 Å². The lowest BCUT2D eigenvalue weighted by Crippen LogP contribution is -2.36. The number of aromatic nitrogens is 2. The SMILES string of the molecule is C=CC(=O)NCCC(=O)N(CCCN(C)C)c1ccc2ncnc(Nc3ccc(OCc4cccc(F)c4)c(Cl)c3)c2c1. The summed E-state index contributed by atoms with van der Waals surface area (Å²) in [5, 5.41) is 7.05. The van der Waals surface area contributed by atoms with Crippen LogP contribution in [0.5, 0.6) is 5.75 Å². The van der Waals surface area contributed by atoms with Crippen molar-refractivity contribution in [2.24, 2.45) is 0 Å². The van der Waals surface area contributed by atoms with Crippen molar-refractivity contribution in [3.8, 4) is 5.75 Å². The van der Waals surface area contributed by atoms with Crippen LogP contribution in [0, 0.1) is 5.82 Å². The maximum absolute atomic E-state index is 13.5. The molecule has 0 aliphatic rings. The zero-order valence-corrected chi connectivity index (χ0v) is 24.9. The molecule has 0 spiro atoms. The molecule has 224 valence electrons. The molecule has 1 heterocycles. The molecule has 0 bridgehead atoms. The van der Waals surface area contributed by atoms with Crippen molar-refractivity contribution in [2.45, 2.75) is 19.4 Å². The van der Waals surface area contributed by atoms with Crippen molar-refractivity contribution in [1.82, 2.24) is 20.2 Å². The lowest BCUT2D eigenvalue weighted by Gasteiger charge is -2.24. The van der Waals surface area contributed by atoms with Crippen LogP contribution in [0.1, 0.15) is 18.4 Å². The van der Waals surface area contributed by atoms with Crippen molar-refractivity contribution in [3.05, 3.63) is 96.0 Å². The largest absolute Gasteiger partial charge is 0.487 e. The van der Waals surface area contributed by atoms with Crippen LogP contribution in [0.15, 0.2) is 79.6 Å². The molecule has 43 heavy (non-hydrogen) atoms. The van der Waals surface area contributed by atoms with E-state index in [0.717, 1.165) is 13.0 Å². The summed E-state index contributed by atoms with van der Waals surface area (Å²) in [5.74, 6) is 0.231. The van der Waals surface area contributed by atoms with Crippen LogP contribution in [0.4, 0.5) is 21.6 Å². The molecule has 0 aliphatic carbocycles. The molecule has 2 N–H and O–H groups in total. The summed E-state index contributed by atoms with van der Waals surface area (Å²) in [6.45, 7) is 5.13. The van der Waals surface area contributed by atoms with Crippen molar-refractivity contribution in [1.29, 1.82) is 0 Å². The van der Waals surface area contributed by atoms with Crippen LogP contribution in [-0.2, 0) is 16.2 Å². The van der Waals surface area contributed by atoms with Gasteiger partial charge in [-0.15, -0.1) is 0 Å². The zero-order chi connectivity index (χ0) is 30.8. The number of nitrogens with one attached hydrogen (secondary N) is 2. The first-order valence-corrected chi connectivity index (χ1v) is 14.1. The van der Waals surface area contributed by atoms with Gasteiger partial charge in [0.1, 0.15) is 30.3 Å². The summed E-state index contributed by atoms with van der Waals surface area (Å²) >= 11 is 6.50. The van der Waals surface area contributed by atoms with E-state index in [1.54, 1.807) is 35.2 Å². The number of anilines is 3. The molecule has 0 fully saturated rings. The summed E-state index contributed by atoms with van der Waals surface area (Å²) in [4.78, 5) is 37.4. The number of halogens is 2. The first-order valence-electron chi connectivity index (χ1n) is 13.8. The number of hydrogen-bond acceptors (Lipinski definition) is 7. The van der Waals surface area contributed by atoms with E-state index >= 15 is 0 Å². The number of fused-ring (bicyclic) bond motifs is 1. The minimum Gasteiger partial charge on any atom is -0.487 e. The van der Waals surface area contributed by atoms with Crippen LogP contribution in [0.3, 0.4) is 0 Å². The Hall–Kier alpha value is -4.54. The Balaban J connectivity index is 1.54. The molecule has 4 aromatic rings. The smallest absolute Gasteiger partial charge is 0.243 e. The first-order chi connectivity index (χ1) is 20.7. The minimum atomic E-state index is -0.329. The van der Waals surface area contributed by atoms with Gasteiger partial charge in [-0.1, -0.05) is 30.3 Å². The highest BCUT2D eigenvalue weighted by molar-refractivity contribution is 6.32. The van der Waals surface area contributed by atoms with Gasteiger partial charge in [-0.2, -0.15) is 0 Å². The molecule has 11 heteroatoms. The van der Waals surface area contributed by atoms with Gasteiger partial charge in [0.2, 0.25) is 11.8 Å². The quantitative estimate of drug-likeness (QED) is 0.178. The second-order valence-corrected chi connectivity index (χ2v) is 10.5. The molecule has 2 amide bonds. The number of rotatable bonds is 14. The van der Waals surface area contributed by atoms with E-state index < -0.39 is 0 Å². The van der Waals surface area contributed by atoms with Gasteiger partial charge >= 0.3 is 0 Å². The lowest BCUT2D eigenvalue weighted by molar-refractivity contribution is -0.119. The van der Waals surface area contributed by atoms with Gasteiger partial charge in [0.15, 0.2) is 0 Å². The third kappa shape index (κ3) is 8.97. The zero-order valence-electron chi connectivity index (χ0n) is 24.1. The van der Waals surface area contributed by atoms with E-state index in [1.807, 2.05) is 32.3 Å². The fourth-order valence-electron chi connectivity index (χ4n) is 4.37. The number of benzene rings is 3. The molecule has 4 rings (SSSR count). The monoisotopic (exact) mass is 604 g/mol. The van der Waals surface area contributed by atoms with E-state index in [4.69, 9.17) is 16.3 Å². The maximum atomic E-state index is 13.5. The van der Waals surface area contributed by atoms with E-state index in [9.17, 15) is 14.0 Å². The summed E-state index contributed by atoms with van der Waals surface area (Å²) in [6.07, 6.45) is 3.54. The van der Waals surface area contributed by atoms with Gasteiger partial charge in [-0.3, -0.25) is 9.59 Å². The number of carbonyl (C=O) groups excluding carboxylic acids is 2. The second kappa shape index (κ2) is 15.1. The van der Waals surface area contributed by atoms with Crippen molar-refractivity contribution < 1.29 is 18.7 Å². The van der Waals surface area contributed by atoms with Gasteiger partial charge in [0.25, 0.3) is 0 Å². The third-order valence-corrected chi connectivity index (χ3v) is 6.82. The Morgan fingerprint density at radius 2 is 1.91 bits per heavy atom. The summed E-state index contributed by atoms with van der Waals surface area (Å²) in [5.41, 5.74) is 2.76. The minimum absolute atomic E-state index is 0.116. The highest BCUT2D eigenvalue weighted by Gasteiger charge is 2.18. The normalized spacial score (nSPS) is 10.9. The third-order valence-electron chi connectivity index (χ3n) is 6.52. The lowest BCUT2D eigenvalue weighted by atomic mass is 10.1. The predicted octanol–water partition coefficient (Wildman–Crippen LogP) is 5.72. The average Bonchev–Trinajstić information content (AvgIpc) is 2.98. The molecule has 3 aromatic carbocycles. The molecular formula is C32H34ClFN6O3. The Kier molecular flexibility index (Phi) is 11.0. The number of amides is 2. The Labute approximate surface area is 255 Å². The van der Waals surface area contributed by atoms with Crippen LogP contribution in [0.25, 0.3) is 10.9 Å². The van der Waals surface area contributed by atoms with E-state index in [-0.39, 0.29) is 37.2 Å². The van der Waals surface area contributed by atoms with Gasteiger partial charge in [-0.25, -0.2) is 14.4 Å². The Morgan fingerprint density at radius 1 is 1.07 bits per heavy atom. The summed E-state index contributed by atoms with van der Waals surface area (Å²) < 4.78 is 19.3. The molecule has 0 saturated heterocycles. The molecule has 0 unspecified atom stereocenters. The fraction of sp³-hybridized carbons (Fsp3) is 0.250. The number of hydrogen-bond donors (Lipinski definition) is 2. The van der Waals surface area contributed by atoms with E-state index in [1.165, 1.54) is 24.5 Å². The number of nitrogens with zero attached hydrogens (tertiary/aromatic N) is 4. The molecule has 0 saturated carbocycles. The van der Waals surface area contributed by atoms with Gasteiger partial charge in [-0.05, 0) is 87.2 Å². The Bertz CT molecular complexity index is 1600. The average molecular weight is 605 g/mol. The predicted molar refractivity (Wildman–Crippen MR) is 168 cm³/mol. The molecule has 1 aromatic heterocycles.